The molecule has 2 aliphatic rings. The Morgan fingerprint density at radius 2 is 1.71 bits per heavy atom. The normalized spacial score (nSPS) is 33.9. The van der Waals surface area contributed by atoms with Gasteiger partial charge in [-0.3, -0.25) is 4.79 Å². The zero-order valence-corrected chi connectivity index (χ0v) is 12.8. The molecule has 0 aromatic heterocycles. The summed E-state index contributed by atoms with van der Waals surface area (Å²) in [5.74, 6) is -1.53. The van der Waals surface area contributed by atoms with E-state index < -0.39 is 23.9 Å². The second-order valence-electron chi connectivity index (χ2n) is 6.39. The quantitative estimate of drug-likeness (QED) is 0.774. The lowest BCUT2D eigenvalue weighted by Gasteiger charge is -2.32. The number of carbonyl (C=O) groups is 1. The number of rotatable bonds is 4. The second kappa shape index (κ2) is 7.21. The summed E-state index contributed by atoms with van der Waals surface area (Å²) >= 11 is 5.89. The number of alkyl halides is 4. The van der Waals surface area contributed by atoms with Crippen molar-refractivity contribution in [1.29, 1.82) is 0 Å². The maximum absolute atomic E-state index is 13.0. The SMILES string of the molecule is O=C(NCC1CCCC1CCl)C1CCCCC1C(F)(F)F. The van der Waals surface area contributed by atoms with Crippen LogP contribution in [0, 0.1) is 23.7 Å². The lowest BCUT2D eigenvalue weighted by molar-refractivity contribution is -0.198. The highest BCUT2D eigenvalue weighted by Gasteiger charge is 2.48. The van der Waals surface area contributed by atoms with Crippen LogP contribution in [0.1, 0.15) is 44.9 Å². The fraction of sp³-hybridized carbons (Fsp3) is 0.933. The van der Waals surface area contributed by atoms with Crippen molar-refractivity contribution in [2.75, 3.05) is 12.4 Å². The van der Waals surface area contributed by atoms with Gasteiger partial charge in [0, 0.05) is 18.3 Å². The molecule has 21 heavy (non-hydrogen) atoms. The molecule has 2 aliphatic carbocycles. The fourth-order valence-electron chi connectivity index (χ4n) is 3.78. The molecule has 2 rings (SSSR count). The zero-order valence-electron chi connectivity index (χ0n) is 12.1. The zero-order chi connectivity index (χ0) is 15.5. The smallest absolute Gasteiger partial charge is 0.356 e. The molecule has 0 heterocycles. The summed E-state index contributed by atoms with van der Waals surface area (Å²) in [5, 5.41) is 2.76. The molecular weight excluding hydrogens is 303 g/mol. The Balaban J connectivity index is 1.89. The first-order valence-electron chi connectivity index (χ1n) is 7.84. The fourth-order valence-corrected chi connectivity index (χ4v) is 4.19. The van der Waals surface area contributed by atoms with Crippen LogP contribution < -0.4 is 5.32 Å². The van der Waals surface area contributed by atoms with Crippen LogP contribution in [0.5, 0.6) is 0 Å². The van der Waals surface area contributed by atoms with Gasteiger partial charge < -0.3 is 5.32 Å². The molecule has 122 valence electrons. The van der Waals surface area contributed by atoms with Crippen LogP contribution >= 0.6 is 11.6 Å². The lowest BCUT2D eigenvalue weighted by atomic mass is 9.78. The minimum Gasteiger partial charge on any atom is -0.356 e. The van der Waals surface area contributed by atoms with Crippen molar-refractivity contribution in [2.45, 2.75) is 51.1 Å². The van der Waals surface area contributed by atoms with Gasteiger partial charge >= 0.3 is 6.18 Å². The molecule has 2 fully saturated rings. The Morgan fingerprint density at radius 3 is 2.38 bits per heavy atom. The molecule has 4 unspecified atom stereocenters. The Kier molecular flexibility index (Phi) is 5.81. The molecular formula is C15H23ClF3NO. The largest absolute Gasteiger partial charge is 0.392 e. The first kappa shape index (κ1) is 16.9. The molecule has 0 saturated heterocycles. The number of amides is 1. The van der Waals surface area contributed by atoms with Crippen LogP contribution in [0.25, 0.3) is 0 Å². The number of halogens is 4. The standard InChI is InChI=1S/C15H23ClF3NO/c16-8-10-4-3-5-11(10)9-20-14(21)12-6-1-2-7-13(12)15(17,18)19/h10-13H,1-9H2,(H,20,21). The third-order valence-electron chi connectivity index (χ3n) is 5.08. The highest BCUT2D eigenvalue weighted by molar-refractivity contribution is 6.18. The Hall–Kier alpha value is -0.450. The molecule has 0 aromatic carbocycles. The summed E-state index contributed by atoms with van der Waals surface area (Å²) in [5.41, 5.74) is 0. The van der Waals surface area contributed by atoms with E-state index in [1.54, 1.807) is 0 Å². The molecule has 1 amide bonds. The highest BCUT2D eigenvalue weighted by atomic mass is 35.5. The predicted molar refractivity (Wildman–Crippen MR) is 76.1 cm³/mol. The monoisotopic (exact) mass is 325 g/mol. The third-order valence-corrected chi connectivity index (χ3v) is 5.47. The number of nitrogens with one attached hydrogen (secondary N) is 1. The first-order chi connectivity index (χ1) is 9.93. The summed E-state index contributed by atoms with van der Waals surface area (Å²) in [6, 6.07) is 0. The van der Waals surface area contributed by atoms with E-state index in [2.05, 4.69) is 5.32 Å². The van der Waals surface area contributed by atoms with Crippen molar-refractivity contribution in [3.63, 3.8) is 0 Å². The molecule has 0 aliphatic heterocycles. The van der Waals surface area contributed by atoms with Gasteiger partial charge in [-0.25, -0.2) is 0 Å². The minimum absolute atomic E-state index is 0.0787. The van der Waals surface area contributed by atoms with Gasteiger partial charge in [0.2, 0.25) is 5.91 Å². The number of hydrogen-bond acceptors (Lipinski definition) is 1. The van der Waals surface area contributed by atoms with Crippen molar-refractivity contribution in [1.82, 2.24) is 5.32 Å². The van der Waals surface area contributed by atoms with Crippen molar-refractivity contribution < 1.29 is 18.0 Å². The summed E-state index contributed by atoms with van der Waals surface area (Å²) in [6.45, 7) is 0.470. The van der Waals surface area contributed by atoms with Gasteiger partial charge in [0.05, 0.1) is 5.92 Å². The molecule has 1 N–H and O–H groups in total. The molecule has 4 atom stereocenters. The van der Waals surface area contributed by atoms with E-state index in [9.17, 15) is 18.0 Å². The summed E-state index contributed by atoms with van der Waals surface area (Å²) in [7, 11) is 0. The molecule has 2 nitrogen and oxygen atoms in total. The Labute approximate surface area is 128 Å². The average Bonchev–Trinajstić information content (AvgIpc) is 2.91. The predicted octanol–water partition coefficient (Wildman–Crippen LogP) is 4.13. The van der Waals surface area contributed by atoms with Crippen LogP contribution in [0.3, 0.4) is 0 Å². The van der Waals surface area contributed by atoms with Crippen LogP contribution in [0.4, 0.5) is 13.2 Å². The second-order valence-corrected chi connectivity index (χ2v) is 6.70. The van der Waals surface area contributed by atoms with Crippen LogP contribution in [0.2, 0.25) is 0 Å². The van der Waals surface area contributed by atoms with Gasteiger partial charge in [0.1, 0.15) is 0 Å². The van der Waals surface area contributed by atoms with Gasteiger partial charge in [0.15, 0.2) is 0 Å². The minimum atomic E-state index is -4.27. The van der Waals surface area contributed by atoms with Crippen LogP contribution in [-0.4, -0.2) is 24.5 Å². The summed E-state index contributed by atoms with van der Waals surface area (Å²) < 4.78 is 39.0. The van der Waals surface area contributed by atoms with E-state index in [1.807, 2.05) is 0 Å². The van der Waals surface area contributed by atoms with Crippen LogP contribution in [0.15, 0.2) is 0 Å². The molecule has 6 heteroatoms. The van der Waals surface area contributed by atoms with Gasteiger partial charge in [-0.05, 0) is 37.5 Å². The topological polar surface area (TPSA) is 29.1 Å². The van der Waals surface area contributed by atoms with Gasteiger partial charge in [-0.1, -0.05) is 19.3 Å². The maximum Gasteiger partial charge on any atom is 0.392 e. The van der Waals surface area contributed by atoms with E-state index in [0.29, 0.717) is 43.5 Å². The summed E-state index contributed by atoms with van der Waals surface area (Å²) in [4.78, 5) is 12.2. The van der Waals surface area contributed by atoms with E-state index in [-0.39, 0.29) is 6.42 Å². The van der Waals surface area contributed by atoms with E-state index in [4.69, 9.17) is 11.6 Å². The van der Waals surface area contributed by atoms with Gasteiger partial charge in [-0.2, -0.15) is 13.2 Å². The van der Waals surface area contributed by atoms with Crippen molar-refractivity contribution >= 4 is 17.5 Å². The molecule has 0 aromatic rings. The van der Waals surface area contributed by atoms with Gasteiger partial charge in [-0.15, -0.1) is 11.6 Å². The van der Waals surface area contributed by atoms with Crippen molar-refractivity contribution in [2.24, 2.45) is 23.7 Å². The van der Waals surface area contributed by atoms with Gasteiger partial charge in [0.25, 0.3) is 0 Å². The Bertz CT molecular complexity index is 361. The third kappa shape index (κ3) is 4.27. The molecule has 0 spiro atoms. The number of carbonyl (C=O) groups excluding carboxylic acids is 1. The molecule has 0 bridgehead atoms. The number of hydrogen-bond donors (Lipinski definition) is 1. The van der Waals surface area contributed by atoms with E-state index >= 15 is 0 Å². The van der Waals surface area contributed by atoms with Crippen molar-refractivity contribution in [3.05, 3.63) is 0 Å². The van der Waals surface area contributed by atoms with Crippen LogP contribution in [-0.2, 0) is 4.79 Å². The maximum atomic E-state index is 13.0. The molecule has 0 radical (unpaired) electrons. The van der Waals surface area contributed by atoms with E-state index in [0.717, 1.165) is 19.3 Å². The Morgan fingerprint density at radius 1 is 1.05 bits per heavy atom. The summed E-state index contributed by atoms with van der Waals surface area (Å²) in [6.07, 6.45) is 0.572. The molecule has 2 saturated carbocycles. The van der Waals surface area contributed by atoms with E-state index in [1.165, 1.54) is 0 Å². The highest BCUT2D eigenvalue weighted by Crippen LogP contribution is 2.41. The lowest BCUT2D eigenvalue weighted by Crippen LogP contribution is -2.44. The first-order valence-corrected chi connectivity index (χ1v) is 8.37. The average molecular weight is 326 g/mol. The van der Waals surface area contributed by atoms with Crippen molar-refractivity contribution in [3.8, 4) is 0 Å².